The first-order chi connectivity index (χ1) is 10.0. The second-order valence-corrected chi connectivity index (χ2v) is 7.34. The van der Waals surface area contributed by atoms with Gasteiger partial charge >= 0.3 is 0 Å². The molecule has 1 aromatic carbocycles. The first kappa shape index (κ1) is 14.6. The van der Waals surface area contributed by atoms with Crippen LogP contribution in [0.5, 0.6) is 11.5 Å². The van der Waals surface area contributed by atoms with Gasteiger partial charge in [0.05, 0.1) is 4.90 Å². The van der Waals surface area contributed by atoms with E-state index in [0.29, 0.717) is 37.2 Å². The molecule has 1 atom stereocenters. The second kappa shape index (κ2) is 5.82. The lowest BCUT2D eigenvalue weighted by Gasteiger charge is -2.19. The lowest BCUT2D eigenvalue weighted by molar-refractivity contribution is 0.171. The zero-order valence-corrected chi connectivity index (χ0v) is 12.9. The number of ether oxygens (including phenoxy) is 2. The maximum absolute atomic E-state index is 12.3. The van der Waals surface area contributed by atoms with Crippen molar-refractivity contribution in [3.63, 3.8) is 0 Å². The van der Waals surface area contributed by atoms with Gasteiger partial charge in [-0.1, -0.05) is 0 Å². The molecule has 1 unspecified atom stereocenters. The molecule has 2 heterocycles. The summed E-state index contributed by atoms with van der Waals surface area (Å²) in [7, 11) is -1.45. The molecule has 7 heteroatoms. The molecule has 1 N–H and O–H groups in total. The van der Waals surface area contributed by atoms with Gasteiger partial charge in [-0.25, -0.2) is 13.1 Å². The van der Waals surface area contributed by atoms with E-state index in [2.05, 4.69) is 16.7 Å². The zero-order valence-electron chi connectivity index (χ0n) is 12.0. The number of benzene rings is 1. The molecule has 1 aromatic rings. The monoisotopic (exact) mass is 312 g/mol. The Labute approximate surface area is 125 Å². The molecule has 2 aliphatic heterocycles. The molecule has 0 bridgehead atoms. The number of nitrogens with one attached hydrogen (secondary N) is 1. The molecule has 0 spiro atoms. The summed E-state index contributed by atoms with van der Waals surface area (Å²) in [6, 6.07) is 4.72. The normalized spacial score (nSPS) is 22.4. The Balaban J connectivity index is 1.69. The third-order valence-corrected chi connectivity index (χ3v) is 5.30. The van der Waals surface area contributed by atoms with Gasteiger partial charge in [-0.15, -0.1) is 0 Å². The van der Waals surface area contributed by atoms with Crippen LogP contribution in [0.3, 0.4) is 0 Å². The Bertz CT molecular complexity index is 617. The fourth-order valence-corrected chi connectivity index (χ4v) is 3.83. The van der Waals surface area contributed by atoms with Gasteiger partial charge in [-0.2, -0.15) is 0 Å². The summed E-state index contributed by atoms with van der Waals surface area (Å²) in [5.74, 6) is 1.46. The van der Waals surface area contributed by atoms with Gasteiger partial charge < -0.3 is 14.4 Å². The van der Waals surface area contributed by atoms with E-state index in [9.17, 15) is 8.42 Å². The third kappa shape index (κ3) is 3.30. The Morgan fingerprint density at radius 2 is 2.05 bits per heavy atom. The van der Waals surface area contributed by atoms with E-state index in [1.807, 2.05) is 0 Å². The number of fused-ring (bicyclic) bond motifs is 1. The smallest absolute Gasteiger partial charge is 0.240 e. The topological polar surface area (TPSA) is 67.9 Å². The fourth-order valence-electron chi connectivity index (χ4n) is 2.69. The summed E-state index contributed by atoms with van der Waals surface area (Å²) < 4.78 is 38.2. The van der Waals surface area contributed by atoms with Gasteiger partial charge in [0.25, 0.3) is 0 Å². The molecule has 21 heavy (non-hydrogen) atoms. The van der Waals surface area contributed by atoms with Crippen LogP contribution in [0.25, 0.3) is 0 Å². The highest BCUT2D eigenvalue weighted by Crippen LogP contribution is 2.32. The summed E-state index contributed by atoms with van der Waals surface area (Å²) in [4.78, 5) is 2.43. The number of sulfonamides is 1. The molecule has 1 fully saturated rings. The summed E-state index contributed by atoms with van der Waals surface area (Å²) in [5.41, 5.74) is 0. The SMILES string of the molecule is CN1CCC(CNS(=O)(=O)c2ccc3c(c2)OCCO3)C1. The van der Waals surface area contributed by atoms with Crippen molar-refractivity contribution in [3.8, 4) is 11.5 Å². The summed E-state index contributed by atoms with van der Waals surface area (Å²) in [5, 5.41) is 0. The van der Waals surface area contributed by atoms with E-state index in [1.165, 1.54) is 6.07 Å². The maximum atomic E-state index is 12.3. The van der Waals surface area contributed by atoms with Crippen LogP contribution in [-0.4, -0.2) is 53.2 Å². The molecule has 0 radical (unpaired) electrons. The molecule has 1 saturated heterocycles. The molecule has 0 aromatic heterocycles. The van der Waals surface area contributed by atoms with Crippen molar-refractivity contribution >= 4 is 10.0 Å². The second-order valence-electron chi connectivity index (χ2n) is 5.57. The molecule has 2 aliphatic rings. The van der Waals surface area contributed by atoms with Crippen molar-refractivity contribution in [2.24, 2.45) is 5.92 Å². The lowest BCUT2D eigenvalue weighted by atomic mass is 10.1. The number of nitrogens with zero attached hydrogens (tertiary/aromatic N) is 1. The Hall–Kier alpha value is -1.31. The highest BCUT2D eigenvalue weighted by atomic mass is 32.2. The molecule has 6 nitrogen and oxygen atoms in total. The number of hydrogen-bond donors (Lipinski definition) is 1. The van der Waals surface area contributed by atoms with E-state index in [-0.39, 0.29) is 4.90 Å². The standard InChI is InChI=1S/C14H20N2O4S/c1-16-5-4-11(10-16)9-15-21(17,18)12-2-3-13-14(8-12)20-7-6-19-13/h2-3,8,11,15H,4-7,9-10H2,1H3. The predicted octanol–water partition coefficient (Wildman–Crippen LogP) is 0.688. The van der Waals surface area contributed by atoms with Crippen LogP contribution < -0.4 is 14.2 Å². The molecule has 0 aliphatic carbocycles. The van der Waals surface area contributed by atoms with Crippen molar-refractivity contribution in [2.45, 2.75) is 11.3 Å². The van der Waals surface area contributed by atoms with Crippen molar-refractivity contribution in [2.75, 3.05) is 39.9 Å². The van der Waals surface area contributed by atoms with Crippen LogP contribution in [0.15, 0.2) is 23.1 Å². The molecule has 0 saturated carbocycles. The van der Waals surface area contributed by atoms with Gasteiger partial charge in [0.15, 0.2) is 11.5 Å². The summed E-state index contributed by atoms with van der Waals surface area (Å²) >= 11 is 0. The Morgan fingerprint density at radius 3 is 2.76 bits per heavy atom. The fraction of sp³-hybridized carbons (Fsp3) is 0.571. The number of likely N-dealkylation sites (tertiary alicyclic amines) is 1. The van der Waals surface area contributed by atoms with Crippen LogP contribution in [0.2, 0.25) is 0 Å². The van der Waals surface area contributed by atoms with E-state index in [1.54, 1.807) is 12.1 Å². The van der Waals surface area contributed by atoms with Crippen LogP contribution in [-0.2, 0) is 10.0 Å². The quantitative estimate of drug-likeness (QED) is 0.886. The highest BCUT2D eigenvalue weighted by Gasteiger charge is 2.23. The molecule has 116 valence electrons. The van der Waals surface area contributed by atoms with E-state index >= 15 is 0 Å². The minimum absolute atomic E-state index is 0.220. The summed E-state index contributed by atoms with van der Waals surface area (Å²) in [6.07, 6.45) is 1.03. The van der Waals surface area contributed by atoms with E-state index in [0.717, 1.165) is 19.5 Å². The minimum atomic E-state index is -3.50. The van der Waals surface area contributed by atoms with Crippen molar-refractivity contribution < 1.29 is 17.9 Å². The average molecular weight is 312 g/mol. The number of rotatable bonds is 4. The van der Waals surface area contributed by atoms with Gasteiger partial charge in [0, 0.05) is 19.2 Å². The largest absolute Gasteiger partial charge is 0.486 e. The van der Waals surface area contributed by atoms with Crippen molar-refractivity contribution in [1.82, 2.24) is 9.62 Å². The summed E-state index contributed by atoms with van der Waals surface area (Å²) in [6.45, 7) is 3.37. The predicted molar refractivity (Wildman–Crippen MR) is 78.2 cm³/mol. The van der Waals surface area contributed by atoms with Gasteiger partial charge in [-0.05, 0) is 38.1 Å². The van der Waals surface area contributed by atoms with Crippen LogP contribution in [0, 0.1) is 5.92 Å². The highest BCUT2D eigenvalue weighted by molar-refractivity contribution is 7.89. The Kier molecular flexibility index (Phi) is 4.05. The van der Waals surface area contributed by atoms with Crippen molar-refractivity contribution in [1.29, 1.82) is 0 Å². The van der Waals surface area contributed by atoms with Crippen LogP contribution >= 0.6 is 0 Å². The molecule has 3 rings (SSSR count). The van der Waals surface area contributed by atoms with Crippen LogP contribution in [0.1, 0.15) is 6.42 Å². The average Bonchev–Trinajstić information content (AvgIpc) is 2.90. The number of hydrogen-bond acceptors (Lipinski definition) is 5. The minimum Gasteiger partial charge on any atom is -0.486 e. The first-order valence-corrected chi connectivity index (χ1v) is 8.61. The van der Waals surface area contributed by atoms with Gasteiger partial charge in [0.2, 0.25) is 10.0 Å². The maximum Gasteiger partial charge on any atom is 0.240 e. The Morgan fingerprint density at radius 1 is 1.29 bits per heavy atom. The van der Waals surface area contributed by atoms with Crippen molar-refractivity contribution in [3.05, 3.63) is 18.2 Å². The zero-order chi connectivity index (χ0) is 14.9. The van der Waals surface area contributed by atoms with Gasteiger partial charge in [0.1, 0.15) is 13.2 Å². The van der Waals surface area contributed by atoms with Crippen LogP contribution in [0.4, 0.5) is 0 Å². The lowest BCUT2D eigenvalue weighted by Crippen LogP contribution is -2.30. The molecule has 0 amide bonds. The van der Waals surface area contributed by atoms with E-state index < -0.39 is 10.0 Å². The molecular weight excluding hydrogens is 292 g/mol. The van der Waals surface area contributed by atoms with Gasteiger partial charge in [-0.3, -0.25) is 0 Å². The first-order valence-electron chi connectivity index (χ1n) is 7.12. The molecular formula is C14H20N2O4S. The third-order valence-electron chi connectivity index (χ3n) is 3.87. The van der Waals surface area contributed by atoms with E-state index in [4.69, 9.17) is 9.47 Å².